The molecule has 1 aromatic rings. The van der Waals surface area contributed by atoms with Crippen LogP contribution in [0.1, 0.15) is 12.5 Å². The van der Waals surface area contributed by atoms with Crippen molar-refractivity contribution in [2.75, 3.05) is 20.1 Å². The topological polar surface area (TPSA) is 3.24 Å². The Labute approximate surface area is 85.7 Å². The maximum atomic E-state index is 2.47. The van der Waals surface area contributed by atoms with Crippen LogP contribution < -0.4 is 0 Å². The first kappa shape index (κ1) is 8.49. The van der Waals surface area contributed by atoms with E-state index in [4.69, 9.17) is 0 Å². The van der Waals surface area contributed by atoms with Gasteiger partial charge in [0.1, 0.15) is 0 Å². The fourth-order valence-electron chi connectivity index (χ4n) is 3.47. The second-order valence-electron chi connectivity index (χ2n) is 5.00. The Morgan fingerprint density at radius 3 is 2.64 bits per heavy atom. The van der Waals surface area contributed by atoms with Crippen LogP contribution in [0.15, 0.2) is 30.3 Å². The van der Waals surface area contributed by atoms with Crippen molar-refractivity contribution in [3.8, 4) is 0 Å². The maximum absolute atomic E-state index is 2.47. The molecule has 3 rings (SSSR count). The summed E-state index contributed by atoms with van der Waals surface area (Å²) in [5, 5.41) is 0. The lowest BCUT2D eigenvalue weighted by Gasteiger charge is -2.18. The number of fused-ring (bicyclic) bond motifs is 1. The van der Waals surface area contributed by atoms with Gasteiger partial charge in [0.05, 0.1) is 0 Å². The van der Waals surface area contributed by atoms with Crippen LogP contribution in [-0.2, 0) is 5.41 Å². The Morgan fingerprint density at radius 2 is 2.00 bits per heavy atom. The highest BCUT2D eigenvalue weighted by Gasteiger charge is 2.66. The van der Waals surface area contributed by atoms with E-state index in [0.29, 0.717) is 5.41 Å². The summed E-state index contributed by atoms with van der Waals surface area (Å²) in [4.78, 5) is 2.47. The molecule has 1 heterocycles. The van der Waals surface area contributed by atoms with E-state index in [-0.39, 0.29) is 0 Å². The first-order chi connectivity index (χ1) is 6.75. The standard InChI is InChI=1S/C13H17N/c1-10-12-8-14(2)9-13(10,12)11-6-4-3-5-7-11/h3-7,10,12H,8-9H2,1-2H3. The fraction of sp³-hybridized carbons (Fsp3) is 0.538. The molecule has 0 amide bonds. The summed E-state index contributed by atoms with van der Waals surface area (Å²) in [6, 6.07) is 11.1. The second-order valence-corrected chi connectivity index (χ2v) is 5.00. The molecule has 2 aliphatic rings. The fourth-order valence-corrected chi connectivity index (χ4v) is 3.47. The monoisotopic (exact) mass is 187 g/mol. The van der Waals surface area contributed by atoms with Crippen molar-refractivity contribution in [2.24, 2.45) is 11.8 Å². The quantitative estimate of drug-likeness (QED) is 0.651. The number of hydrogen-bond acceptors (Lipinski definition) is 1. The van der Waals surface area contributed by atoms with Gasteiger partial charge in [-0.25, -0.2) is 0 Å². The van der Waals surface area contributed by atoms with Gasteiger partial charge in [-0.05, 0) is 24.4 Å². The minimum atomic E-state index is 0.510. The third-order valence-corrected chi connectivity index (χ3v) is 4.32. The van der Waals surface area contributed by atoms with Crippen LogP contribution in [0.25, 0.3) is 0 Å². The molecule has 0 bridgehead atoms. The predicted molar refractivity (Wildman–Crippen MR) is 58.3 cm³/mol. The molecule has 0 radical (unpaired) electrons. The average Bonchev–Trinajstić information content (AvgIpc) is 2.61. The zero-order valence-electron chi connectivity index (χ0n) is 8.90. The highest BCUT2D eigenvalue weighted by molar-refractivity contribution is 5.39. The molecule has 1 saturated carbocycles. The van der Waals surface area contributed by atoms with E-state index < -0.39 is 0 Å². The van der Waals surface area contributed by atoms with Gasteiger partial charge in [-0.3, -0.25) is 0 Å². The molecule has 1 aromatic carbocycles. The summed E-state index contributed by atoms with van der Waals surface area (Å²) in [5.41, 5.74) is 2.07. The number of benzene rings is 1. The van der Waals surface area contributed by atoms with Crippen LogP contribution in [0.2, 0.25) is 0 Å². The molecule has 14 heavy (non-hydrogen) atoms. The van der Waals surface area contributed by atoms with E-state index in [0.717, 1.165) is 11.8 Å². The van der Waals surface area contributed by atoms with Crippen LogP contribution in [0, 0.1) is 11.8 Å². The molecule has 0 N–H and O–H groups in total. The molecule has 74 valence electrons. The molecule has 1 aliphatic carbocycles. The van der Waals surface area contributed by atoms with E-state index in [2.05, 4.69) is 49.2 Å². The zero-order valence-corrected chi connectivity index (χ0v) is 8.90. The molecule has 3 atom stereocenters. The maximum Gasteiger partial charge on any atom is 0.0152 e. The van der Waals surface area contributed by atoms with Crippen LogP contribution in [0.4, 0.5) is 0 Å². The Hall–Kier alpha value is -0.820. The molecule has 2 fully saturated rings. The molecule has 0 aromatic heterocycles. The number of nitrogens with zero attached hydrogens (tertiary/aromatic N) is 1. The van der Waals surface area contributed by atoms with Crippen LogP contribution >= 0.6 is 0 Å². The van der Waals surface area contributed by atoms with E-state index in [9.17, 15) is 0 Å². The molecule has 1 aliphatic heterocycles. The number of likely N-dealkylation sites (N-methyl/N-ethyl adjacent to an activating group) is 1. The Balaban J connectivity index is 1.99. The van der Waals surface area contributed by atoms with E-state index in [1.54, 1.807) is 5.56 Å². The molecule has 1 heteroatoms. The van der Waals surface area contributed by atoms with Gasteiger partial charge in [0.15, 0.2) is 0 Å². The number of rotatable bonds is 1. The van der Waals surface area contributed by atoms with E-state index >= 15 is 0 Å². The lowest BCUT2D eigenvalue weighted by atomic mass is 9.93. The second kappa shape index (κ2) is 2.60. The van der Waals surface area contributed by atoms with Gasteiger partial charge in [0.2, 0.25) is 0 Å². The van der Waals surface area contributed by atoms with Gasteiger partial charge in [0, 0.05) is 18.5 Å². The summed E-state index contributed by atoms with van der Waals surface area (Å²) >= 11 is 0. The molecule has 3 unspecified atom stereocenters. The van der Waals surface area contributed by atoms with Crippen LogP contribution in [0.5, 0.6) is 0 Å². The Kier molecular flexibility index (Phi) is 1.58. The SMILES string of the molecule is CC1C2CN(C)CC12c1ccccc1. The van der Waals surface area contributed by atoms with Crippen LogP contribution in [-0.4, -0.2) is 25.0 Å². The van der Waals surface area contributed by atoms with Gasteiger partial charge in [-0.2, -0.15) is 0 Å². The average molecular weight is 187 g/mol. The third-order valence-electron chi connectivity index (χ3n) is 4.32. The highest BCUT2D eigenvalue weighted by Crippen LogP contribution is 2.63. The van der Waals surface area contributed by atoms with Gasteiger partial charge in [-0.15, -0.1) is 0 Å². The molecular weight excluding hydrogens is 170 g/mol. The third kappa shape index (κ3) is 0.885. The van der Waals surface area contributed by atoms with Crippen molar-refractivity contribution in [3.05, 3.63) is 35.9 Å². The number of piperidine rings is 1. The van der Waals surface area contributed by atoms with Gasteiger partial charge in [-0.1, -0.05) is 37.3 Å². The number of hydrogen-bond donors (Lipinski definition) is 0. The van der Waals surface area contributed by atoms with Crippen molar-refractivity contribution < 1.29 is 0 Å². The summed E-state index contributed by atoms with van der Waals surface area (Å²) in [6.45, 7) is 4.95. The van der Waals surface area contributed by atoms with E-state index in [1.807, 2.05) is 0 Å². The van der Waals surface area contributed by atoms with Crippen LogP contribution in [0.3, 0.4) is 0 Å². The van der Waals surface area contributed by atoms with Gasteiger partial charge in [0.25, 0.3) is 0 Å². The smallest absolute Gasteiger partial charge is 0.0152 e. The zero-order chi connectivity index (χ0) is 9.76. The first-order valence-corrected chi connectivity index (χ1v) is 5.49. The van der Waals surface area contributed by atoms with Crippen molar-refractivity contribution in [1.82, 2.24) is 4.90 Å². The Bertz CT molecular complexity index is 346. The normalized spacial score (nSPS) is 41.0. The van der Waals surface area contributed by atoms with Crippen molar-refractivity contribution >= 4 is 0 Å². The minimum absolute atomic E-state index is 0.510. The van der Waals surface area contributed by atoms with Crippen molar-refractivity contribution in [3.63, 3.8) is 0 Å². The summed E-state index contributed by atoms with van der Waals surface area (Å²) in [6.07, 6.45) is 0. The summed E-state index contributed by atoms with van der Waals surface area (Å²) in [7, 11) is 2.24. The predicted octanol–water partition coefficient (Wildman–Crippen LogP) is 2.14. The molecular formula is C13H17N. The van der Waals surface area contributed by atoms with Gasteiger partial charge >= 0.3 is 0 Å². The largest absolute Gasteiger partial charge is 0.305 e. The van der Waals surface area contributed by atoms with Crippen molar-refractivity contribution in [2.45, 2.75) is 12.3 Å². The number of likely N-dealkylation sites (tertiary alicyclic amines) is 1. The first-order valence-electron chi connectivity index (χ1n) is 5.49. The minimum Gasteiger partial charge on any atom is -0.305 e. The summed E-state index contributed by atoms with van der Waals surface area (Å²) in [5.74, 6) is 1.80. The summed E-state index contributed by atoms with van der Waals surface area (Å²) < 4.78 is 0. The lowest BCUT2D eigenvalue weighted by molar-refractivity contribution is 0.338. The lowest BCUT2D eigenvalue weighted by Crippen LogP contribution is -2.24. The molecule has 1 nitrogen and oxygen atoms in total. The highest BCUT2D eigenvalue weighted by atomic mass is 15.2. The Morgan fingerprint density at radius 1 is 1.29 bits per heavy atom. The van der Waals surface area contributed by atoms with E-state index in [1.165, 1.54) is 13.1 Å². The van der Waals surface area contributed by atoms with Crippen molar-refractivity contribution in [1.29, 1.82) is 0 Å². The molecule has 1 saturated heterocycles. The molecule has 0 spiro atoms. The van der Waals surface area contributed by atoms with Gasteiger partial charge < -0.3 is 4.90 Å².